The van der Waals surface area contributed by atoms with Crippen LogP contribution in [0.3, 0.4) is 0 Å². The minimum atomic E-state index is -4.27. The number of benzene rings is 2. The normalized spacial score (nSPS) is 19.9. The number of hydrogen-bond acceptors (Lipinski definition) is 8. The van der Waals surface area contributed by atoms with E-state index in [-0.39, 0.29) is 35.8 Å². The highest BCUT2D eigenvalue weighted by Gasteiger charge is 2.50. The Kier molecular flexibility index (Phi) is 7.86. The van der Waals surface area contributed by atoms with Crippen molar-refractivity contribution in [2.24, 2.45) is 5.92 Å². The smallest absolute Gasteiger partial charge is 0.252 e. The monoisotopic (exact) mass is 612 g/mol. The molecule has 3 N–H and O–H groups in total. The molecule has 2 aromatic heterocycles. The lowest BCUT2D eigenvalue weighted by Crippen LogP contribution is -2.43. The molecule has 0 radical (unpaired) electrons. The van der Waals surface area contributed by atoms with Crippen LogP contribution in [0.25, 0.3) is 22.0 Å². The maximum atomic E-state index is 15.0. The molecular formula is C30H31F3N6O3S. The molecule has 1 unspecified atom stereocenters. The molecular weight excluding hydrogens is 581 g/mol. The number of alkyl halides is 2. The number of fused-ring (bicyclic) bond motifs is 1. The Bertz CT molecular complexity index is 1770. The van der Waals surface area contributed by atoms with Crippen LogP contribution in [0.1, 0.15) is 31.2 Å². The second-order valence-corrected chi connectivity index (χ2v) is 12.8. The van der Waals surface area contributed by atoms with Gasteiger partial charge in [0, 0.05) is 48.1 Å². The molecule has 1 saturated carbocycles. The molecule has 2 aliphatic rings. The molecule has 2 aromatic carbocycles. The van der Waals surface area contributed by atoms with Crippen LogP contribution in [-0.2, 0) is 10.0 Å². The number of piperidine rings is 1. The van der Waals surface area contributed by atoms with Gasteiger partial charge in [0.25, 0.3) is 5.92 Å². The first-order valence-corrected chi connectivity index (χ1v) is 15.8. The highest BCUT2D eigenvalue weighted by molar-refractivity contribution is 7.92. The van der Waals surface area contributed by atoms with E-state index in [0.29, 0.717) is 33.9 Å². The zero-order chi connectivity index (χ0) is 30.2. The van der Waals surface area contributed by atoms with E-state index in [0.717, 1.165) is 32.0 Å². The SMILES string of the molecule is Cc1ccc2c(NS(=O)(=O)C[C@@H]3CCC3(F)F)c(F)ccc2c1Oc1ncccc1-c1ccnc(NC2CCCNC2)n1. The Balaban J connectivity index is 1.32. The number of nitrogens with zero attached hydrogens (tertiary/aromatic N) is 3. The van der Waals surface area contributed by atoms with E-state index in [4.69, 9.17) is 4.74 Å². The molecule has 0 bridgehead atoms. The molecule has 1 aliphatic carbocycles. The first-order valence-electron chi connectivity index (χ1n) is 14.1. The quantitative estimate of drug-likeness (QED) is 0.215. The number of sulfonamides is 1. The highest BCUT2D eigenvalue weighted by atomic mass is 32.2. The van der Waals surface area contributed by atoms with E-state index < -0.39 is 33.4 Å². The summed E-state index contributed by atoms with van der Waals surface area (Å²) in [4.78, 5) is 13.5. The van der Waals surface area contributed by atoms with Crippen LogP contribution in [-0.4, -0.2) is 54.2 Å². The second kappa shape index (κ2) is 11.6. The predicted octanol–water partition coefficient (Wildman–Crippen LogP) is 5.88. The maximum absolute atomic E-state index is 15.0. The van der Waals surface area contributed by atoms with E-state index in [1.54, 1.807) is 43.6 Å². The minimum Gasteiger partial charge on any atom is -0.437 e. The third-order valence-electron chi connectivity index (χ3n) is 7.93. The van der Waals surface area contributed by atoms with Crippen molar-refractivity contribution in [2.75, 3.05) is 28.9 Å². The van der Waals surface area contributed by atoms with Gasteiger partial charge in [0.05, 0.1) is 22.7 Å². The molecule has 226 valence electrons. The molecule has 13 heteroatoms. The average molecular weight is 613 g/mol. The molecule has 2 fully saturated rings. The van der Waals surface area contributed by atoms with Gasteiger partial charge in [-0.3, -0.25) is 4.72 Å². The van der Waals surface area contributed by atoms with Gasteiger partial charge in [0.2, 0.25) is 21.9 Å². The molecule has 6 rings (SSSR count). The Morgan fingerprint density at radius 1 is 1.07 bits per heavy atom. The van der Waals surface area contributed by atoms with Gasteiger partial charge < -0.3 is 15.4 Å². The lowest BCUT2D eigenvalue weighted by molar-refractivity contribution is -0.122. The molecule has 1 aliphatic heterocycles. The van der Waals surface area contributed by atoms with Gasteiger partial charge in [-0.25, -0.2) is 36.5 Å². The summed E-state index contributed by atoms with van der Waals surface area (Å²) in [7, 11) is -4.27. The van der Waals surface area contributed by atoms with Crippen LogP contribution in [0.4, 0.5) is 24.8 Å². The summed E-state index contributed by atoms with van der Waals surface area (Å²) in [5.41, 5.74) is 1.54. The molecule has 4 aromatic rings. The van der Waals surface area contributed by atoms with Crippen LogP contribution >= 0.6 is 0 Å². The van der Waals surface area contributed by atoms with E-state index in [1.807, 2.05) is 6.07 Å². The number of rotatable bonds is 9. The fourth-order valence-electron chi connectivity index (χ4n) is 5.43. The number of pyridine rings is 1. The van der Waals surface area contributed by atoms with Crippen molar-refractivity contribution in [1.82, 2.24) is 20.3 Å². The number of halogens is 3. The summed E-state index contributed by atoms with van der Waals surface area (Å²) < 4.78 is 76.8. The van der Waals surface area contributed by atoms with Gasteiger partial charge in [-0.15, -0.1) is 0 Å². The summed E-state index contributed by atoms with van der Waals surface area (Å²) in [6.07, 6.45) is 5.04. The summed E-state index contributed by atoms with van der Waals surface area (Å²) in [5.74, 6) is -4.92. The van der Waals surface area contributed by atoms with Gasteiger partial charge >= 0.3 is 0 Å². The van der Waals surface area contributed by atoms with Crippen molar-refractivity contribution < 1.29 is 26.3 Å². The van der Waals surface area contributed by atoms with Crippen LogP contribution in [0, 0.1) is 18.7 Å². The van der Waals surface area contributed by atoms with Crippen molar-refractivity contribution in [3.8, 4) is 22.9 Å². The third kappa shape index (κ3) is 6.23. The number of hydrogen-bond donors (Lipinski definition) is 3. The van der Waals surface area contributed by atoms with Crippen molar-refractivity contribution in [3.63, 3.8) is 0 Å². The Labute approximate surface area is 247 Å². The first kappa shape index (κ1) is 29.1. The van der Waals surface area contributed by atoms with Crippen molar-refractivity contribution in [3.05, 3.63) is 66.2 Å². The molecule has 9 nitrogen and oxygen atoms in total. The average Bonchev–Trinajstić information content (AvgIpc) is 2.99. The van der Waals surface area contributed by atoms with E-state index >= 15 is 4.39 Å². The molecule has 3 heterocycles. The number of ether oxygens (including phenoxy) is 1. The topological polar surface area (TPSA) is 118 Å². The van der Waals surface area contributed by atoms with Gasteiger partial charge in [-0.2, -0.15) is 0 Å². The maximum Gasteiger partial charge on any atom is 0.252 e. The van der Waals surface area contributed by atoms with E-state index in [1.165, 1.54) is 6.07 Å². The molecule has 0 amide bonds. The van der Waals surface area contributed by atoms with Crippen molar-refractivity contribution in [1.29, 1.82) is 0 Å². The number of anilines is 2. The van der Waals surface area contributed by atoms with Gasteiger partial charge in [-0.1, -0.05) is 12.1 Å². The van der Waals surface area contributed by atoms with Crippen LogP contribution in [0.5, 0.6) is 11.6 Å². The zero-order valence-corrected chi connectivity index (χ0v) is 24.2. The van der Waals surface area contributed by atoms with Gasteiger partial charge in [0.1, 0.15) is 11.6 Å². The number of nitrogens with one attached hydrogen (secondary N) is 3. The summed E-state index contributed by atoms with van der Waals surface area (Å²) >= 11 is 0. The Morgan fingerprint density at radius 3 is 2.65 bits per heavy atom. The van der Waals surface area contributed by atoms with Gasteiger partial charge in [0.15, 0.2) is 0 Å². The lowest BCUT2D eigenvalue weighted by Gasteiger charge is -2.35. The Morgan fingerprint density at radius 2 is 1.91 bits per heavy atom. The second-order valence-electron chi connectivity index (χ2n) is 11.0. The highest BCUT2D eigenvalue weighted by Crippen LogP contribution is 2.45. The van der Waals surface area contributed by atoms with E-state index in [2.05, 4.69) is 30.3 Å². The predicted molar refractivity (Wildman–Crippen MR) is 159 cm³/mol. The summed E-state index contributed by atoms with van der Waals surface area (Å²) in [5, 5.41) is 7.36. The molecule has 0 spiro atoms. The van der Waals surface area contributed by atoms with Crippen LogP contribution < -0.4 is 20.1 Å². The lowest BCUT2D eigenvalue weighted by atomic mass is 9.82. The minimum absolute atomic E-state index is 0.0944. The summed E-state index contributed by atoms with van der Waals surface area (Å²) in [6, 6.07) is 11.4. The Hall–Kier alpha value is -3.97. The number of aromatic nitrogens is 3. The zero-order valence-electron chi connectivity index (χ0n) is 23.4. The molecule has 2 atom stereocenters. The standard InChI is InChI=1S/C30H31F3N6O3S/c1-18-6-7-21-22(8-9-24(31)26(21)39-43(40,41)17-19-10-12-30(19,32)33)27(18)42-28-23(5-3-14-35-28)25-11-15-36-29(38-25)37-20-4-2-13-34-16-20/h3,5-9,11,14-15,19-20,34,39H,2,4,10,12-13,16-17H2,1H3,(H,36,37,38)/t19-,20?/m0/s1. The molecule has 43 heavy (non-hydrogen) atoms. The largest absolute Gasteiger partial charge is 0.437 e. The van der Waals surface area contributed by atoms with Crippen molar-refractivity contribution >= 4 is 32.4 Å². The fourth-order valence-corrected chi connectivity index (χ4v) is 6.98. The fraction of sp³-hybridized carbons (Fsp3) is 0.367. The number of aryl methyl sites for hydroxylation is 1. The van der Waals surface area contributed by atoms with Crippen LogP contribution in [0.2, 0.25) is 0 Å². The third-order valence-corrected chi connectivity index (χ3v) is 9.29. The van der Waals surface area contributed by atoms with Crippen LogP contribution in [0.15, 0.2) is 54.9 Å². The van der Waals surface area contributed by atoms with Crippen molar-refractivity contribution in [2.45, 2.75) is 44.6 Å². The van der Waals surface area contributed by atoms with Gasteiger partial charge in [-0.05, 0) is 68.6 Å². The van der Waals surface area contributed by atoms with E-state index in [9.17, 15) is 17.2 Å². The molecule has 1 saturated heterocycles. The summed E-state index contributed by atoms with van der Waals surface area (Å²) in [6.45, 7) is 3.61. The first-order chi connectivity index (χ1) is 20.6.